The summed E-state index contributed by atoms with van der Waals surface area (Å²) in [6.07, 6.45) is -0.728. The van der Waals surface area contributed by atoms with Crippen molar-refractivity contribution in [3.05, 3.63) is 9.81 Å². The van der Waals surface area contributed by atoms with Crippen molar-refractivity contribution >= 4 is 47.4 Å². The fraction of sp³-hybridized carbons (Fsp3) is 0.571. The summed E-state index contributed by atoms with van der Waals surface area (Å²) in [7, 11) is 0. The van der Waals surface area contributed by atoms with E-state index in [9.17, 15) is 24.3 Å². The Balaban J connectivity index is 0.00000576. The molecular formula is C14H17KO8S2. The maximum absolute atomic E-state index is 12.0. The first-order valence-electron chi connectivity index (χ1n) is 7.16. The van der Waals surface area contributed by atoms with Crippen molar-refractivity contribution in [1.82, 2.24) is 0 Å². The predicted octanol–water partition coefficient (Wildman–Crippen LogP) is -2.79. The molecule has 1 aliphatic rings. The summed E-state index contributed by atoms with van der Waals surface area (Å²) in [5.41, 5.74) is -0.847. The monoisotopic (exact) mass is 416 g/mol. The predicted molar refractivity (Wildman–Crippen MR) is 84.5 cm³/mol. The van der Waals surface area contributed by atoms with Gasteiger partial charge in [0.25, 0.3) is 0 Å². The molecule has 0 amide bonds. The number of esters is 3. The number of rotatable bonds is 8. The number of carbonyl (C=O) groups is 4. The van der Waals surface area contributed by atoms with E-state index in [1.54, 1.807) is 13.8 Å². The number of aliphatic carboxylic acids is 1. The molecule has 0 aromatic carbocycles. The van der Waals surface area contributed by atoms with Gasteiger partial charge in [0.1, 0.15) is 0 Å². The van der Waals surface area contributed by atoms with Crippen LogP contribution in [-0.4, -0.2) is 48.3 Å². The number of carboxylic acids is 1. The average Bonchev–Trinajstić information content (AvgIpc) is 2.94. The molecule has 1 unspecified atom stereocenters. The zero-order chi connectivity index (χ0) is 18.1. The van der Waals surface area contributed by atoms with Crippen molar-refractivity contribution in [2.24, 2.45) is 0 Å². The molecule has 0 aromatic rings. The Morgan fingerprint density at radius 1 is 1.08 bits per heavy atom. The molecule has 1 rings (SSSR count). The second-order valence-electron chi connectivity index (χ2n) is 4.32. The fourth-order valence-corrected chi connectivity index (χ4v) is 4.21. The Morgan fingerprint density at radius 3 is 2.12 bits per heavy atom. The third-order valence-corrected chi connectivity index (χ3v) is 5.28. The van der Waals surface area contributed by atoms with Gasteiger partial charge in [-0.25, -0.2) is 9.59 Å². The third kappa shape index (κ3) is 8.93. The number of thioether (sulfide) groups is 2. The number of ether oxygens (including phenoxy) is 3. The van der Waals surface area contributed by atoms with E-state index in [1.165, 1.54) is 11.8 Å². The minimum atomic E-state index is -1.34. The van der Waals surface area contributed by atoms with Gasteiger partial charge in [-0.15, -0.1) is 11.8 Å². The molecule has 0 aliphatic carbocycles. The van der Waals surface area contributed by atoms with Gasteiger partial charge in [-0.3, -0.25) is 4.79 Å². The van der Waals surface area contributed by atoms with Crippen LogP contribution >= 0.6 is 23.5 Å². The largest absolute Gasteiger partial charge is 1.00 e. The summed E-state index contributed by atoms with van der Waals surface area (Å²) >= 11 is 2.19. The molecule has 1 fully saturated rings. The van der Waals surface area contributed by atoms with E-state index in [0.29, 0.717) is 9.99 Å². The van der Waals surface area contributed by atoms with E-state index in [0.717, 1.165) is 11.8 Å². The Bertz CT molecular complexity index is 529. The molecule has 1 saturated heterocycles. The van der Waals surface area contributed by atoms with E-state index in [2.05, 4.69) is 0 Å². The summed E-state index contributed by atoms with van der Waals surface area (Å²) in [6, 6.07) is 0. The van der Waals surface area contributed by atoms with Crippen molar-refractivity contribution in [2.45, 2.75) is 32.1 Å². The number of hydrogen-bond acceptors (Lipinski definition) is 10. The van der Waals surface area contributed by atoms with Gasteiger partial charge in [-0.2, -0.15) is 0 Å². The SMILES string of the molecule is CCOC(=O)C(C(=O)OCC)=C1SCC(OC(=O)CCC(=O)[O-])S1.[K+]. The third-order valence-electron chi connectivity index (χ3n) is 2.55. The van der Waals surface area contributed by atoms with E-state index in [1.807, 2.05) is 0 Å². The first-order chi connectivity index (χ1) is 11.4. The molecular weight excluding hydrogens is 399 g/mol. The number of carbonyl (C=O) groups excluding carboxylic acids is 4. The van der Waals surface area contributed by atoms with E-state index in [-0.39, 0.29) is 76.6 Å². The van der Waals surface area contributed by atoms with Crippen LogP contribution in [0.4, 0.5) is 0 Å². The van der Waals surface area contributed by atoms with E-state index >= 15 is 0 Å². The van der Waals surface area contributed by atoms with Gasteiger partial charge in [0.05, 0.1) is 23.9 Å². The van der Waals surface area contributed by atoms with Crippen LogP contribution < -0.4 is 56.5 Å². The first kappa shape index (κ1) is 25.0. The van der Waals surface area contributed by atoms with E-state index < -0.39 is 35.7 Å². The van der Waals surface area contributed by atoms with Gasteiger partial charge in [0, 0.05) is 11.7 Å². The van der Waals surface area contributed by atoms with Crippen molar-refractivity contribution in [2.75, 3.05) is 19.0 Å². The molecule has 11 heteroatoms. The van der Waals surface area contributed by atoms with Crippen LogP contribution in [0.5, 0.6) is 0 Å². The first-order valence-corrected chi connectivity index (χ1v) is 9.02. The molecule has 0 aromatic heterocycles. The maximum Gasteiger partial charge on any atom is 1.00 e. The smallest absolute Gasteiger partial charge is 0.550 e. The second kappa shape index (κ2) is 13.2. The zero-order valence-electron chi connectivity index (χ0n) is 14.2. The molecule has 0 spiro atoms. The maximum atomic E-state index is 12.0. The molecule has 1 atom stereocenters. The quantitative estimate of drug-likeness (QED) is 0.103. The Morgan fingerprint density at radius 2 is 1.64 bits per heavy atom. The van der Waals surface area contributed by atoms with Crippen LogP contribution in [0.3, 0.4) is 0 Å². The molecule has 8 nitrogen and oxygen atoms in total. The molecule has 0 saturated carbocycles. The average molecular weight is 417 g/mol. The van der Waals surface area contributed by atoms with Gasteiger partial charge in [-0.1, -0.05) is 11.8 Å². The van der Waals surface area contributed by atoms with Crippen molar-refractivity contribution in [3.63, 3.8) is 0 Å². The van der Waals surface area contributed by atoms with Gasteiger partial charge >= 0.3 is 69.3 Å². The zero-order valence-corrected chi connectivity index (χ0v) is 19.0. The van der Waals surface area contributed by atoms with Crippen LogP contribution in [0, 0.1) is 0 Å². The normalized spacial score (nSPS) is 15.8. The van der Waals surface area contributed by atoms with Crippen LogP contribution in [0.1, 0.15) is 26.7 Å². The summed E-state index contributed by atoms with van der Waals surface area (Å²) in [5, 5.41) is 10.3. The van der Waals surface area contributed by atoms with Crippen LogP contribution in [0.25, 0.3) is 0 Å². The Kier molecular flexibility index (Phi) is 13.2. The van der Waals surface area contributed by atoms with Gasteiger partial charge in [0.15, 0.2) is 11.0 Å². The number of hydrogen-bond donors (Lipinski definition) is 0. The molecule has 0 bridgehead atoms. The fourth-order valence-electron chi connectivity index (χ4n) is 1.59. The minimum Gasteiger partial charge on any atom is -0.550 e. The molecule has 134 valence electrons. The van der Waals surface area contributed by atoms with Crippen LogP contribution in [0.2, 0.25) is 0 Å². The summed E-state index contributed by atoms with van der Waals surface area (Å²) in [5.74, 6) is -3.30. The van der Waals surface area contributed by atoms with Gasteiger partial charge in [-0.05, 0) is 20.3 Å². The molecule has 25 heavy (non-hydrogen) atoms. The van der Waals surface area contributed by atoms with E-state index in [4.69, 9.17) is 14.2 Å². The Hall–Kier alpha value is -0.0436. The molecule has 0 radical (unpaired) electrons. The van der Waals surface area contributed by atoms with Crippen molar-refractivity contribution in [1.29, 1.82) is 0 Å². The van der Waals surface area contributed by atoms with Crippen molar-refractivity contribution < 1.29 is 89.9 Å². The molecule has 1 aliphatic heterocycles. The van der Waals surface area contributed by atoms with Gasteiger partial charge in [0.2, 0.25) is 0 Å². The van der Waals surface area contributed by atoms with Crippen LogP contribution in [0.15, 0.2) is 9.81 Å². The summed E-state index contributed by atoms with van der Waals surface area (Å²) in [4.78, 5) is 45.8. The van der Waals surface area contributed by atoms with Crippen LogP contribution in [-0.2, 0) is 33.4 Å². The summed E-state index contributed by atoms with van der Waals surface area (Å²) in [6.45, 7) is 3.43. The molecule has 1 heterocycles. The number of carboxylic acid groups (broad SMARTS) is 1. The van der Waals surface area contributed by atoms with Gasteiger partial charge < -0.3 is 24.1 Å². The molecule has 0 N–H and O–H groups in total. The second-order valence-corrected chi connectivity index (χ2v) is 6.78. The minimum absolute atomic E-state index is 0. The summed E-state index contributed by atoms with van der Waals surface area (Å²) < 4.78 is 15.2. The topological polar surface area (TPSA) is 119 Å². The Labute approximate surface area is 196 Å². The standard InChI is InChI=1S/C14H18O8S2.K/c1-3-20-12(18)11(13(19)21-4-2)14-23-7-10(24-14)22-9(17)6-5-8(15)16;/h10H,3-7H2,1-2H3,(H,15,16);/q;+1/p-1. The van der Waals surface area contributed by atoms with Crippen molar-refractivity contribution in [3.8, 4) is 0 Å².